The van der Waals surface area contributed by atoms with Gasteiger partial charge < -0.3 is 54.6 Å². The number of rotatable bonds is 9. The molecule has 3 saturated heterocycles. The molecule has 2 aromatic rings. The first kappa shape index (κ1) is 37.0. The molecule has 4 aliphatic heterocycles. The summed E-state index contributed by atoms with van der Waals surface area (Å²) in [7, 11) is 0. The number of aromatic nitrogens is 2. The summed E-state index contributed by atoms with van der Waals surface area (Å²) in [6.07, 6.45) is 1.11. The minimum Gasteiger partial charge on any atom is -0.543 e. The fraction of sp³-hybridized carbons (Fsp3) is 0.444. The molecular weight excluding hydrogens is 715 g/mol. The Hall–Kier alpha value is -4.22. The maximum Gasteiger partial charge on any atom is 1.00 e. The van der Waals surface area contributed by atoms with Crippen molar-refractivity contribution >= 4 is 63.9 Å². The number of hydrogen-bond donors (Lipinski definition) is 4. The average molecular weight is 743 g/mol. The van der Waals surface area contributed by atoms with Gasteiger partial charge in [-0.05, 0) is 31.4 Å². The van der Waals surface area contributed by atoms with E-state index in [4.69, 9.17) is 19.3 Å². The summed E-state index contributed by atoms with van der Waals surface area (Å²) >= 11 is 1.90. The van der Waals surface area contributed by atoms with Crippen LogP contribution in [0.25, 0.3) is 0 Å². The number of fused-ring (bicyclic) bond motifs is 1. The molecule has 2 aromatic heterocycles. The van der Waals surface area contributed by atoms with Crippen molar-refractivity contribution in [2.75, 3.05) is 31.2 Å². The molecule has 6 heterocycles. The summed E-state index contributed by atoms with van der Waals surface area (Å²) in [6.45, 7) is 1.01. The van der Waals surface area contributed by atoms with E-state index in [1.807, 2.05) is 0 Å². The van der Waals surface area contributed by atoms with Crippen molar-refractivity contribution in [3.63, 3.8) is 0 Å². The number of β-lactam (4-membered cyclic amide) rings is 1. The number of aliphatic hydroxyl groups is 1. The number of carbonyl (C=O) groups is 5. The molecule has 0 unspecified atom stereocenters. The minimum atomic E-state index is -1.65. The van der Waals surface area contributed by atoms with Crippen LogP contribution in [0.4, 0.5) is 9.93 Å². The number of ether oxygens (including phenoxy) is 1. The van der Waals surface area contributed by atoms with Gasteiger partial charge in [-0.25, -0.2) is 9.59 Å². The average Bonchev–Trinajstić information content (AvgIpc) is 3.85. The van der Waals surface area contributed by atoms with Gasteiger partial charge in [-0.3, -0.25) is 19.3 Å². The summed E-state index contributed by atoms with van der Waals surface area (Å²) < 4.78 is 18.6. The van der Waals surface area contributed by atoms with E-state index < -0.39 is 77.1 Å². The van der Waals surface area contributed by atoms with Gasteiger partial charge in [-0.15, -0.1) is 11.8 Å². The second-order valence-electron chi connectivity index (χ2n) is 11.2. The predicted molar refractivity (Wildman–Crippen MR) is 162 cm³/mol. The van der Waals surface area contributed by atoms with Crippen molar-refractivity contribution in [1.29, 1.82) is 0 Å². The fourth-order valence-electron chi connectivity index (χ4n) is 6.03. The van der Waals surface area contributed by atoms with Crippen molar-refractivity contribution < 1.29 is 82.5 Å². The van der Waals surface area contributed by atoms with Gasteiger partial charge in [0, 0.05) is 35.9 Å². The van der Waals surface area contributed by atoms with E-state index in [0.717, 1.165) is 28.2 Å². The largest absolute Gasteiger partial charge is 1.00 e. The molecule has 0 bridgehead atoms. The Morgan fingerprint density at radius 3 is 2.64 bits per heavy atom. The number of nitrogens with two attached hydrogens (primary N) is 1. The SMILES string of the molecule is Cc1oc(=O)oc1COC(=O)N1C[C@H](N2CC/C(=C\C3=C(C(=O)[O-])N4C(=O)[C@@H](NC(=O)/C(=N\O)c5nsc(N)n5)[C@H]4SC3)C2=O)C[C@H]1CO.[Na+]. The molecule has 4 amide bonds. The van der Waals surface area contributed by atoms with E-state index >= 15 is 0 Å². The molecule has 0 radical (unpaired) electrons. The molecule has 0 aliphatic carbocycles. The number of nitrogens with one attached hydrogen (secondary N) is 1. The van der Waals surface area contributed by atoms with Crippen molar-refractivity contribution in [3.8, 4) is 0 Å². The van der Waals surface area contributed by atoms with Gasteiger partial charge in [0.25, 0.3) is 11.8 Å². The number of aryl methyl sites for hydroxylation is 1. The summed E-state index contributed by atoms with van der Waals surface area (Å²) in [5, 5.41) is 36.0. The molecule has 4 aliphatic rings. The van der Waals surface area contributed by atoms with Crippen LogP contribution in [0.3, 0.4) is 0 Å². The van der Waals surface area contributed by atoms with Gasteiger partial charge in [-0.2, -0.15) is 9.36 Å². The van der Waals surface area contributed by atoms with E-state index in [-0.39, 0.29) is 101 Å². The van der Waals surface area contributed by atoms with Gasteiger partial charge in [0.2, 0.25) is 17.4 Å². The number of allylic oxidation sites excluding steroid dienone is 1. The fourth-order valence-corrected chi connectivity index (χ4v) is 7.77. The first-order valence-corrected chi connectivity index (χ1v) is 16.4. The van der Waals surface area contributed by atoms with Gasteiger partial charge in [-0.1, -0.05) is 5.16 Å². The Bertz CT molecular complexity index is 1890. The first-order chi connectivity index (χ1) is 23.4. The summed E-state index contributed by atoms with van der Waals surface area (Å²) in [4.78, 5) is 83.3. The third kappa shape index (κ3) is 6.90. The number of nitrogens with zero attached hydrogens (tertiary/aromatic N) is 6. The third-order valence-electron chi connectivity index (χ3n) is 8.39. The number of aliphatic carboxylic acids is 1. The van der Waals surface area contributed by atoms with Crippen LogP contribution >= 0.6 is 23.3 Å². The van der Waals surface area contributed by atoms with E-state index in [0.29, 0.717) is 0 Å². The van der Waals surface area contributed by atoms with Gasteiger partial charge in [0.05, 0.1) is 30.4 Å². The molecule has 4 atom stereocenters. The van der Waals surface area contributed by atoms with Crippen LogP contribution in [-0.2, 0) is 30.5 Å². The zero-order valence-corrected chi connectivity index (χ0v) is 30.0. The zero-order valence-electron chi connectivity index (χ0n) is 26.4. The number of carboxylic acids is 1. The first-order valence-electron chi connectivity index (χ1n) is 14.6. The van der Waals surface area contributed by atoms with Gasteiger partial charge in [0.15, 0.2) is 23.3 Å². The number of aliphatic hydroxyl groups excluding tert-OH is 1. The summed E-state index contributed by atoms with van der Waals surface area (Å²) in [5.74, 6) is -4.74. The van der Waals surface area contributed by atoms with Crippen LogP contribution in [0.15, 0.2) is 41.7 Å². The number of carbonyl (C=O) groups excluding carboxylic acids is 5. The van der Waals surface area contributed by atoms with Crippen LogP contribution < -0.4 is 51.5 Å². The van der Waals surface area contributed by atoms with Crippen LogP contribution in [0, 0.1) is 6.92 Å². The maximum atomic E-state index is 13.5. The number of thioether (sulfide) groups is 1. The number of carboxylic acid groups (broad SMARTS) is 1. The Balaban J connectivity index is 0.00000486. The molecule has 23 heteroatoms. The number of hydrogen-bond acceptors (Lipinski definition) is 18. The molecule has 0 aromatic carbocycles. The third-order valence-corrected chi connectivity index (χ3v) is 10.2. The van der Waals surface area contributed by atoms with Crippen LogP contribution in [0.2, 0.25) is 0 Å². The van der Waals surface area contributed by atoms with Gasteiger partial charge in [0.1, 0.15) is 11.4 Å². The van der Waals surface area contributed by atoms with Crippen molar-refractivity contribution in [3.05, 3.63) is 50.9 Å². The predicted octanol–water partition coefficient (Wildman–Crippen LogP) is -5.51. The number of anilines is 1. The Labute approximate surface area is 311 Å². The van der Waals surface area contributed by atoms with Gasteiger partial charge >= 0.3 is 41.5 Å². The Morgan fingerprint density at radius 2 is 2.02 bits per heavy atom. The van der Waals surface area contributed by atoms with Crippen molar-refractivity contribution in [2.45, 2.75) is 49.9 Å². The van der Waals surface area contributed by atoms with E-state index in [1.165, 1.54) is 22.8 Å². The molecule has 20 nitrogen and oxygen atoms in total. The Kier molecular flexibility index (Phi) is 11.1. The molecule has 3 fully saturated rings. The number of nitrogen functional groups attached to an aromatic ring is 1. The second-order valence-corrected chi connectivity index (χ2v) is 13.1. The molecular formula is C27H27N8NaO12S2. The van der Waals surface area contributed by atoms with E-state index in [1.54, 1.807) is 0 Å². The van der Waals surface area contributed by atoms with Crippen molar-refractivity contribution in [2.24, 2.45) is 5.16 Å². The summed E-state index contributed by atoms with van der Waals surface area (Å²) in [5.41, 5.74) is 4.93. The number of amides is 4. The second kappa shape index (κ2) is 14.9. The molecule has 50 heavy (non-hydrogen) atoms. The van der Waals surface area contributed by atoms with E-state index in [9.17, 15) is 44.2 Å². The van der Waals surface area contributed by atoms with Crippen LogP contribution in [-0.4, -0.2) is 119 Å². The molecule has 6 rings (SSSR count). The van der Waals surface area contributed by atoms with Crippen LogP contribution in [0.5, 0.6) is 0 Å². The smallest absolute Gasteiger partial charge is 0.543 e. The molecule has 5 N–H and O–H groups in total. The quantitative estimate of drug-likeness (QED) is 0.0465. The summed E-state index contributed by atoms with van der Waals surface area (Å²) in [6, 6.07) is -2.31. The molecule has 0 spiro atoms. The maximum absolute atomic E-state index is 13.5. The monoisotopic (exact) mass is 742 g/mol. The molecule has 260 valence electrons. The van der Waals surface area contributed by atoms with Crippen LogP contribution in [0.1, 0.15) is 30.2 Å². The Morgan fingerprint density at radius 1 is 1.26 bits per heavy atom. The minimum absolute atomic E-state index is 0. The van der Waals surface area contributed by atoms with Crippen molar-refractivity contribution in [1.82, 2.24) is 29.4 Å². The zero-order chi connectivity index (χ0) is 35.1. The standard InChI is InChI=1S/C27H28N8O12S2.Na/c1-10-15(47-27(43)46-10)8-45-26(42)34-6-13(5-14(34)7-36)33-3-2-11(21(33)38)4-12-9-48-23-17(22(39)35(23)18(12)24(40)41)29-20(37)16(31-44)19-30-25(28)49-32-19;/h4,13-14,17,23,36,44H,2-3,5-9H2,1H3,(H,29,37)(H,40,41)(H2,28,30,32);/q;+1/p-1/b11-4+,31-16-;/t13-,14+,17-,23-;/m1./s1. The molecule has 0 saturated carbocycles. The number of oxime groups is 1. The normalized spacial score (nSPS) is 24.3. The topological polar surface area (TPSA) is 287 Å². The van der Waals surface area contributed by atoms with E-state index in [2.05, 4.69) is 19.8 Å². The number of likely N-dealkylation sites (tertiary alicyclic amines) is 2.